The van der Waals surface area contributed by atoms with E-state index in [4.69, 9.17) is 0 Å². The molecule has 0 bridgehead atoms. The highest BCUT2D eigenvalue weighted by Gasteiger charge is 2.16. The van der Waals surface area contributed by atoms with E-state index >= 15 is 0 Å². The summed E-state index contributed by atoms with van der Waals surface area (Å²) in [6.07, 6.45) is 2.23. The number of hydrogen-bond acceptors (Lipinski definition) is 1. The van der Waals surface area contributed by atoms with Crippen LogP contribution in [0.4, 0.5) is 0 Å². The van der Waals surface area contributed by atoms with Gasteiger partial charge in [0, 0.05) is 0 Å². The molecule has 0 saturated heterocycles. The summed E-state index contributed by atoms with van der Waals surface area (Å²) in [7, 11) is 0. The van der Waals surface area contributed by atoms with Crippen LogP contribution in [0.1, 0.15) is 25.3 Å². The largest absolute Gasteiger partial charge is 0.481 e. The molecule has 2 rings (SSSR count). The Balaban J connectivity index is 2.19. The molecule has 0 radical (unpaired) electrons. The summed E-state index contributed by atoms with van der Waals surface area (Å²) in [6, 6.07) is 18.3. The molecule has 1 N–H and O–H groups in total. The van der Waals surface area contributed by atoms with Crippen LogP contribution in [0.2, 0.25) is 0 Å². The summed E-state index contributed by atoms with van der Waals surface area (Å²) in [4.78, 5) is 11.2. The van der Waals surface area contributed by atoms with Gasteiger partial charge in [-0.1, -0.05) is 67.9 Å². The average molecular weight is 268 g/mol. The molecule has 0 aromatic heterocycles. The standard InChI is InChI=1S/C18H20O2/c1-2-7-17(18(19)20)13-14-8-6-11-16(12-14)15-9-4-3-5-10-15/h3-6,8-12,17H,2,7,13H2,1H3,(H,19,20). The first kappa shape index (κ1) is 14.3. The van der Waals surface area contributed by atoms with Gasteiger partial charge in [0.2, 0.25) is 0 Å². The summed E-state index contributed by atoms with van der Waals surface area (Å²) in [6.45, 7) is 2.02. The smallest absolute Gasteiger partial charge is 0.306 e. The van der Waals surface area contributed by atoms with Crippen LogP contribution in [0.5, 0.6) is 0 Å². The van der Waals surface area contributed by atoms with Crippen LogP contribution in [0.15, 0.2) is 54.6 Å². The van der Waals surface area contributed by atoms with Crippen molar-refractivity contribution in [1.29, 1.82) is 0 Å². The summed E-state index contributed by atoms with van der Waals surface area (Å²) >= 11 is 0. The Morgan fingerprint density at radius 3 is 2.40 bits per heavy atom. The highest BCUT2D eigenvalue weighted by Crippen LogP contribution is 2.22. The van der Waals surface area contributed by atoms with Gasteiger partial charge in [-0.3, -0.25) is 4.79 Å². The Morgan fingerprint density at radius 2 is 1.75 bits per heavy atom. The van der Waals surface area contributed by atoms with Crippen LogP contribution < -0.4 is 0 Å². The topological polar surface area (TPSA) is 37.3 Å². The molecule has 1 unspecified atom stereocenters. The minimum Gasteiger partial charge on any atom is -0.481 e. The molecule has 0 aliphatic rings. The van der Waals surface area contributed by atoms with Gasteiger partial charge in [-0.05, 0) is 29.5 Å². The summed E-state index contributed by atoms with van der Waals surface area (Å²) in [5, 5.41) is 9.25. The zero-order chi connectivity index (χ0) is 14.4. The van der Waals surface area contributed by atoms with E-state index in [-0.39, 0.29) is 5.92 Å². The number of hydrogen-bond donors (Lipinski definition) is 1. The minimum atomic E-state index is -0.697. The number of benzene rings is 2. The molecule has 104 valence electrons. The van der Waals surface area contributed by atoms with Gasteiger partial charge < -0.3 is 5.11 Å². The van der Waals surface area contributed by atoms with Gasteiger partial charge in [0.25, 0.3) is 0 Å². The van der Waals surface area contributed by atoms with Crippen LogP contribution in [-0.2, 0) is 11.2 Å². The predicted molar refractivity (Wildman–Crippen MR) is 81.6 cm³/mol. The second kappa shape index (κ2) is 6.90. The first-order valence-electron chi connectivity index (χ1n) is 7.08. The van der Waals surface area contributed by atoms with E-state index < -0.39 is 5.97 Å². The van der Waals surface area contributed by atoms with E-state index in [1.807, 2.05) is 37.3 Å². The predicted octanol–water partition coefficient (Wildman–Crippen LogP) is 4.40. The number of carboxylic acids is 1. The van der Waals surface area contributed by atoms with Crippen LogP contribution >= 0.6 is 0 Å². The van der Waals surface area contributed by atoms with Crippen molar-refractivity contribution in [3.8, 4) is 11.1 Å². The monoisotopic (exact) mass is 268 g/mol. The quantitative estimate of drug-likeness (QED) is 0.843. The minimum absolute atomic E-state index is 0.286. The van der Waals surface area contributed by atoms with Gasteiger partial charge in [0.15, 0.2) is 0 Å². The van der Waals surface area contributed by atoms with E-state index in [0.717, 1.165) is 29.5 Å². The fourth-order valence-electron chi connectivity index (χ4n) is 2.45. The number of carbonyl (C=O) groups is 1. The van der Waals surface area contributed by atoms with Gasteiger partial charge >= 0.3 is 5.97 Å². The summed E-state index contributed by atoms with van der Waals surface area (Å²) in [5.41, 5.74) is 3.40. The van der Waals surface area contributed by atoms with E-state index in [1.165, 1.54) is 0 Å². The van der Waals surface area contributed by atoms with Crippen molar-refractivity contribution < 1.29 is 9.90 Å². The van der Waals surface area contributed by atoms with E-state index in [1.54, 1.807) is 0 Å². The fourth-order valence-corrected chi connectivity index (χ4v) is 2.45. The molecular formula is C18H20O2. The zero-order valence-electron chi connectivity index (χ0n) is 11.8. The third kappa shape index (κ3) is 3.70. The van der Waals surface area contributed by atoms with Crippen molar-refractivity contribution in [3.63, 3.8) is 0 Å². The van der Waals surface area contributed by atoms with Crippen LogP contribution in [-0.4, -0.2) is 11.1 Å². The van der Waals surface area contributed by atoms with Crippen molar-refractivity contribution >= 4 is 5.97 Å². The van der Waals surface area contributed by atoms with Gasteiger partial charge in [-0.25, -0.2) is 0 Å². The Bertz CT molecular complexity index is 561. The van der Waals surface area contributed by atoms with E-state index in [2.05, 4.69) is 24.3 Å². The molecule has 2 aromatic carbocycles. The highest BCUT2D eigenvalue weighted by molar-refractivity contribution is 5.70. The number of aliphatic carboxylic acids is 1. The second-order valence-corrected chi connectivity index (χ2v) is 5.09. The van der Waals surface area contributed by atoms with Crippen LogP contribution in [0.3, 0.4) is 0 Å². The van der Waals surface area contributed by atoms with Gasteiger partial charge in [0.1, 0.15) is 0 Å². The van der Waals surface area contributed by atoms with Crippen LogP contribution in [0, 0.1) is 5.92 Å². The molecule has 0 aliphatic heterocycles. The fraction of sp³-hybridized carbons (Fsp3) is 0.278. The molecule has 0 amide bonds. The van der Waals surface area contributed by atoms with E-state index in [0.29, 0.717) is 6.42 Å². The van der Waals surface area contributed by atoms with Crippen molar-refractivity contribution in [3.05, 3.63) is 60.2 Å². The Labute approximate surface area is 120 Å². The zero-order valence-corrected chi connectivity index (χ0v) is 11.8. The molecule has 0 fully saturated rings. The average Bonchev–Trinajstić information content (AvgIpc) is 2.48. The van der Waals surface area contributed by atoms with Gasteiger partial charge in [0.05, 0.1) is 5.92 Å². The molecule has 0 spiro atoms. The first-order valence-corrected chi connectivity index (χ1v) is 7.08. The first-order chi connectivity index (χ1) is 9.70. The molecule has 20 heavy (non-hydrogen) atoms. The molecule has 1 atom stereocenters. The molecule has 0 aliphatic carbocycles. The maximum absolute atomic E-state index is 11.2. The van der Waals surface area contributed by atoms with Crippen molar-refractivity contribution in [2.24, 2.45) is 5.92 Å². The third-order valence-electron chi connectivity index (χ3n) is 3.50. The Hall–Kier alpha value is -2.09. The second-order valence-electron chi connectivity index (χ2n) is 5.09. The highest BCUT2D eigenvalue weighted by atomic mass is 16.4. The SMILES string of the molecule is CCCC(Cc1cccc(-c2ccccc2)c1)C(=O)O. The lowest BCUT2D eigenvalue weighted by atomic mass is 9.93. The molecular weight excluding hydrogens is 248 g/mol. The molecule has 0 heterocycles. The Kier molecular flexibility index (Phi) is 4.94. The maximum Gasteiger partial charge on any atom is 0.306 e. The number of rotatable bonds is 6. The molecule has 2 heteroatoms. The molecule has 2 aromatic rings. The summed E-state index contributed by atoms with van der Waals surface area (Å²) < 4.78 is 0. The lowest BCUT2D eigenvalue weighted by molar-refractivity contribution is -0.141. The normalized spacial score (nSPS) is 12.1. The lowest BCUT2D eigenvalue weighted by Crippen LogP contribution is -2.16. The maximum atomic E-state index is 11.2. The van der Waals surface area contributed by atoms with Crippen molar-refractivity contribution in [2.75, 3.05) is 0 Å². The number of carboxylic acid groups (broad SMARTS) is 1. The van der Waals surface area contributed by atoms with Gasteiger partial charge in [-0.15, -0.1) is 0 Å². The van der Waals surface area contributed by atoms with Crippen molar-refractivity contribution in [2.45, 2.75) is 26.2 Å². The lowest BCUT2D eigenvalue weighted by Gasteiger charge is -2.12. The van der Waals surface area contributed by atoms with Gasteiger partial charge in [-0.2, -0.15) is 0 Å². The van der Waals surface area contributed by atoms with E-state index in [9.17, 15) is 9.90 Å². The Morgan fingerprint density at radius 1 is 1.05 bits per heavy atom. The van der Waals surface area contributed by atoms with Crippen LogP contribution in [0.25, 0.3) is 11.1 Å². The molecule has 0 saturated carbocycles. The van der Waals surface area contributed by atoms with Crippen molar-refractivity contribution in [1.82, 2.24) is 0 Å². The summed E-state index contributed by atoms with van der Waals surface area (Å²) in [5.74, 6) is -0.983. The third-order valence-corrected chi connectivity index (χ3v) is 3.50. The molecule has 2 nitrogen and oxygen atoms in total.